The van der Waals surface area contributed by atoms with Crippen LogP contribution in [0.25, 0.3) is 11.4 Å². The van der Waals surface area contributed by atoms with Gasteiger partial charge in [0.05, 0.1) is 24.1 Å². The van der Waals surface area contributed by atoms with Crippen molar-refractivity contribution in [3.8, 4) is 11.4 Å². The van der Waals surface area contributed by atoms with Crippen LogP contribution >= 0.6 is 11.6 Å². The summed E-state index contributed by atoms with van der Waals surface area (Å²) < 4.78 is 1.82. The van der Waals surface area contributed by atoms with Crippen molar-refractivity contribution < 1.29 is 0 Å². The zero-order valence-electron chi connectivity index (χ0n) is 10.9. The van der Waals surface area contributed by atoms with E-state index in [-0.39, 0.29) is 0 Å². The summed E-state index contributed by atoms with van der Waals surface area (Å²) >= 11 is 6.12. The molecule has 0 aliphatic heterocycles. The van der Waals surface area contributed by atoms with Crippen molar-refractivity contribution in [3.63, 3.8) is 0 Å². The van der Waals surface area contributed by atoms with Crippen LogP contribution in [0.15, 0.2) is 42.7 Å². The predicted octanol–water partition coefficient (Wildman–Crippen LogP) is 2.75. The van der Waals surface area contributed by atoms with E-state index in [1.165, 1.54) is 0 Å². The molecule has 0 spiro atoms. The Morgan fingerprint density at radius 2 is 1.85 bits per heavy atom. The number of hydrogen-bond donors (Lipinski definition) is 0. The summed E-state index contributed by atoms with van der Waals surface area (Å²) in [5, 5.41) is 8.41. The zero-order valence-corrected chi connectivity index (χ0v) is 11.6. The van der Waals surface area contributed by atoms with Gasteiger partial charge < -0.3 is 0 Å². The molecule has 3 aromatic rings. The molecule has 0 bridgehead atoms. The van der Waals surface area contributed by atoms with Gasteiger partial charge in [-0.05, 0) is 18.5 Å². The van der Waals surface area contributed by atoms with Crippen molar-refractivity contribution in [2.75, 3.05) is 0 Å². The predicted molar refractivity (Wildman–Crippen MR) is 76.3 cm³/mol. The Kier molecular flexibility index (Phi) is 3.43. The summed E-state index contributed by atoms with van der Waals surface area (Å²) in [5.74, 6) is 0.720. The lowest BCUT2D eigenvalue weighted by atomic mass is 10.2. The maximum Gasteiger partial charge on any atom is 0.225 e. The molecule has 0 radical (unpaired) electrons. The third-order valence-electron chi connectivity index (χ3n) is 2.89. The molecule has 0 saturated heterocycles. The molecule has 6 heteroatoms. The largest absolute Gasteiger partial charge is 0.292 e. The molecule has 100 valence electrons. The lowest BCUT2D eigenvalue weighted by molar-refractivity contribution is 0.770. The first-order valence-electron chi connectivity index (χ1n) is 6.15. The minimum Gasteiger partial charge on any atom is -0.292 e. The van der Waals surface area contributed by atoms with Gasteiger partial charge in [0, 0.05) is 11.8 Å². The molecule has 1 aromatic carbocycles. The molecule has 0 aliphatic rings. The summed E-state index contributed by atoms with van der Waals surface area (Å²) in [7, 11) is 0. The number of hydrogen-bond acceptors (Lipinski definition) is 4. The lowest BCUT2D eigenvalue weighted by Crippen LogP contribution is -2.05. The zero-order chi connectivity index (χ0) is 13.9. The van der Waals surface area contributed by atoms with Crippen molar-refractivity contribution in [1.82, 2.24) is 24.7 Å². The average molecular weight is 286 g/mol. The molecule has 0 unspecified atom stereocenters. The van der Waals surface area contributed by atoms with Gasteiger partial charge in [0.15, 0.2) is 5.82 Å². The second-order valence-electron chi connectivity index (χ2n) is 4.39. The Morgan fingerprint density at radius 1 is 1.05 bits per heavy atom. The monoisotopic (exact) mass is 285 g/mol. The van der Waals surface area contributed by atoms with E-state index in [1.54, 1.807) is 12.4 Å². The van der Waals surface area contributed by atoms with E-state index in [1.807, 2.05) is 41.8 Å². The van der Waals surface area contributed by atoms with Gasteiger partial charge in [-0.1, -0.05) is 30.3 Å². The van der Waals surface area contributed by atoms with Crippen LogP contribution in [0.4, 0.5) is 0 Å². The highest BCUT2D eigenvalue weighted by molar-refractivity contribution is 6.28. The molecule has 0 N–H and O–H groups in total. The summed E-state index contributed by atoms with van der Waals surface area (Å²) in [4.78, 5) is 8.56. The molecule has 0 atom stereocenters. The summed E-state index contributed by atoms with van der Waals surface area (Å²) in [6.07, 6.45) is 3.47. The minimum atomic E-state index is 0.339. The van der Waals surface area contributed by atoms with Gasteiger partial charge in [-0.15, -0.1) is 10.2 Å². The van der Waals surface area contributed by atoms with Crippen LogP contribution in [0.3, 0.4) is 0 Å². The summed E-state index contributed by atoms with van der Waals surface area (Å²) in [5.41, 5.74) is 2.66. The van der Waals surface area contributed by atoms with Gasteiger partial charge >= 0.3 is 0 Å². The van der Waals surface area contributed by atoms with Crippen molar-refractivity contribution in [2.45, 2.75) is 13.5 Å². The summed E-state index contributed by atoms with van der Waals surface area (Å²) in [6.45, 7) is 2.39. The summed E-state index contributed by atoms with van der Waals surface area (Å²) in [6, 6.07) is 9.80. The molecular formula is C14H12ClN5. The smallest absolute Gasteiger partial charge is 0.225 e. The highest BCUT2D eigenvalue weighted by Gasteiger charge is 2.13. The Bertz CT molecular complexity index is 706. The normalized spacial score (nSPS) is 10.7. The van der Waals surface area contributed by atoms with E-state index >= 15 is 0 Å². The van der Waals surface area contributed by atoms with Crippen LogP contribution in [-0.4, -0.2) is 24.7 Å². The van der Waals surface area contributed by atoms with Crippen LogP contribution in [0.1, 0.15) is 11.4 Å². The van der Waals surface area contributed by atoms with Crippen LogP contribution in [-0.2, 0) is 6.54 Å². The number of rotatable bonds is 3. The fraction of sp³-hybridized carbons (Fsp3) is 0.143. The Labute approximate surface area is 121 Å². The van der Waals surface area contributed by atoms with E-state index in [0.717, 1.165) is 22.8 Å². The third kappa shape index (κ3) is 2.53. The highest BCUT2D eigenvalue weighted by atomic mass is 35.5. The molecule has 5 nitrogen and oxygen atoms in total. The van der Waals surface area contributed by atoms with E-state index in [2.05, 4.69) is 20.2 Å². The fourth-order valence-electron chi connectivity index (χ4n) is 1.89. The van der Waals surface area contributed by atoms with E-state index in [4.69, 9.17) is 11.6 Å². The number of benzene rings is 1. The van der Waals surface area contributed by atoms with Crippen molar-refractivity contribution >= 4 is 11.6 Å². The van der Waals surface area contributed by atoms with Gasteiger partial charge in [-0.25, -0.2) is 0 Å². The highest BCUT2D eigenvalue weighted by Crippen LogP contribution is 2.21. The second-order valence-corrected chi connectivity index (χ2v) is 4.73. The van der Waals surface area contributed by atoms with E-state index in [0.29, 0.717) is 11.8 Å². The molecular weight excluding hydrogens is 274 g/mol. The van der Waals surface area contributed by atoms with Gasteiger partial charge in [0.1, 0.15) is 0 Å². The first kappa shape index (κ1) is 12.7. The van der Waals surface area contributed by atoms with Crippen LogP contribution in [0.5, 0.6) is 0 Å². The first-order chi connectivity index (χ1) is 9.74. The SMILES string of the molecule is Cc1cnc(Cn2c(Cl)nnc2-c2ccccc2)cn1. The molecule has 0 aliphatic carbocycles. The topological polar surface area (TPSA) is 56.5 Å². The van der Waals surface area contributed by atoms with Crippen molar-refractivity contribution in [1.29, 1.82) is 0 Å². The molecule has 0 amide bonds. The standard InChI is InChI=1S/C14H12ClN5/c1-10-7-17-12(8-16-10)9-20-13(18-19-14(20)15)11-5-3-2-4-6-11/h2-8H,9H2,1H3. The van der Waals surface area contributed by atoms with Gasteiger partial charge in [0.25, 0.3) is 0 Å². The number of aryl methyl sites for hydroxylation is 1. The molecule has 0 saturated carbocycles. The van der Waals surface area contributed by atoms with Crippen molar-refractivity contribution in [2.24, 2.45) is 0 Å². The maximum atomic E-state index is 6.12. The van der Waals surface area contributed by atoms with Gasteiger partial charge in [-0.2, -0.15) is 0 Å². The van der Waals surface area contributed by atoms with Gasteiger partial charge in [0.2, 0.25) is 5.28 Å². The lowest BCUT2D eigenvalue weighted by Gasteiger charge is -2.07. The first-order valence-corrected chi connectivity index (χ1v) is 6.53. The molecule has 2 heterocycles. The maximum absolute atomic E-state index is 6.12. The van der Waals surface area contributed by atoms with Gasteiger partial charge in [-0.3, -0.25) is 14.5 Å². The minimum absolute atomic E-state index is 0.339. The molecule has 3 rings (SSSR count). The quantitative estimate of drug-likeness (QED) is 0.742. The average Bonchev–Trinajstić information content (AvgIpc) is 2.84. The molecule has 20 heavy (non-hydrogen) atoms. The number of halogens is 1. The van der Waals surface area contributed by atoms with Crippen LogP contribution in [0, 0.1) is 6.92 Å². The number of aromatic nitrogens is 5. The van der Waals surface area contributed by atoms with E-state index < -0.39 is 0 Å². The van der Waals surface area contributed by atoms with E-state index in [9.17, 15) is 0 Å². The van der Waals surface area contributed by atoms with Crippen molar-refractivity contribution in [3.05, 3.63) is 59.4 Å². The van der Waals surface area contributed by atoms with Crippen LogP contribution < -0.4 is 0 Å². The second kappa shape index (κ2) is 5.38. The third-order valence-corrected chi connectivity index (χ3v) is 3.17. The number of nitrogens with zero attached hydrogens (tertiary/aromatic N) is 5. The Morgan fingerprint density at radius 3 is 2.55 bits per heavy atom. The molecule has 2 aromatic heterocycles. The fourth-order valence-corrected chi connectivity index (χ4v) is 2.07. The Balaban J connectivity index is 1.97. The molecule has 0 fully saturated rings. The Hall–Kier alpha value is -2.27. The van der Waals surface area contributed by atoms with Crippen LogP contribution in [0.2, 0.25) is 5.28 Å².